The molecule has 3 aromatic rings. The fraction of sp³-hybridized carbons (Fsp3) is 0.148. The van der Waals surface area contributed by atoms with Crippen LogP contribution >= 0.6 is 23.2 Å². The van der Waals surface area contributed by atoms with Gasteiger partial charge in [-0.3, -0.25) is 14.4 Å². The number of rotatable bonds is 3. The highest BCUT2D eigenvalue weighted by atomic mass is 35.5. The van der Waals surface area contributed by atoms with E-state index in [2.05, 4.69) is 0 Å². The SMILES string of the molecule is O=C(c1ccc(Cl)cc1)[C@@H]1[C@@H]2C(=O)N(c3ccc(Cl)cc3)C(=O)[C@H]2[C@@H]2c3ccccc3C=CN12. The lowest BCUT2D eigenvalue weighted by atomic mass is 9.83. The second-order valence-corrected chi connectivity index (χ2v) is 9.57. The number of nitrogens with zero attached hydrogens (tertiary/aromatic N) is 2. The standard InChI is InChI=1S/C27H18Cl2N2O3/c28-17-7-5-16(6-8-17)25(32)24-22-21(23-20-4-2-1-3-15(20)13-14-30(23)24)26(33)31(27(22)34)19-11-9-18(29)10-12-19/h1-14,21-24H/t21-,22-,23+,24+/m1/s1. The third-order valence-electron chi connectivity index (χ3n) is 6.94. The highest BCUT2D eigenvalue weighted by Crippen LogP contribution is 2.53. The first-order valence-corrected chi connectivity index (χ1v) is 11.7. The molecular formula is C27H18Cl2N2O3. The van der Waals surface area contributed by atoms with Gasteiger partial charge in [0, 0.05) is 21.8 Å². The molecule has 0 N–H and O–H groups in total. The number of hydrogen-bond donors (Lipinski definition) is 0. The summed E-state index contributed by atoms with van der Waals surface area (Å²) in [7, 11) is 0. The van der Waals surface area contributed by atoms with Gasteiger partial charge in [0.15, 0.2) is 5.78 Å². The molecule has 3 aliphatic rings. The van der Waals surface area contributed by atoms with E-state index in [0.29, 0.717) is 21.3 Å². The lowest BCUT2D eigenvalue weighted by Gasteiger charge is -2.35. The molecule has 7 heteroatoms. The molecule has 0 aliphatic carbocycles. The largest absolute Gasteiger partial charge is 0.358 e. The van der Waals surface area contributed by atoms with Gasteiger partial charge in [-0.1, -0.05) is 47.5 Å². The number of benzene rings is 3. The molecule has 3 aromatic carbocycles. The molecule has 2 fully saturated rings. The van der Waals surface area contributed by atoms with E-state index in [-0.39, 0.29) is 17.6 Å². The van der Waals surface area contributed by atoms with Crippen LogP contribution in [0.5, 0.6) is 0 Å². The average Bonchev–Trinajstić information content (AvgIpc) is 3.32. The fourth-order valence-corrected chi connectivity index (χ4v) is 5.74. The van der Waals surface area contributed by atoms with Crippen molar-refractivity contribution in [2.24, 2.45) is 11.8 Å². The number of amides is 2. The molecule has 0 radical (unpaired) electrons. The first kappa shape index (κ1) is 21.1. The van der Waals surface area contributed by atoms with E-state index in [1.165, 1.54) is 4.90 Å². The predicted molar refractivity (Wildman–Crippen MR) is 131 cm³/mol. The van der Waals surface area contributed by atoms with Crippen molar-refractivity contribution in [1.82, 2.24) is 4.90 Å². The molecule has 4 atom stereocenters. The maximum atomic E-state index is 13.8. The topological polar surface area (TPSA) is 57.7 Å². The molecule has 6 rings (SSSR count). The van der Waals surface area contributed by atoms with Crippen LogP contribution in [0.15, 0.2) is 79.0 Å². The monoisotopic (exact) mass is 488 g/mol. The van der Waals surface area contributed by atoms with Crippen LogP contribution in [0, 0.1) is 11.8 Å². The number of carbonyl (C=O) groups excluding carboxylic acids is 3. The number of halogens is 2. The van der Waals surface area contributed by atoms with E-state index >= 15 is 0 Å². The summed E-state index contributed by atoms with van der Waals surface area (Å²) in [5.74, 6) is -2.38. The number of ketones is 1. The number of Topliss-reactive ketones (excluding diaryl/α,β-unsaturated/α-hetero) is 1. The van der Waals surface area contributed by atoms with Crippen LogP contribution in [0.1, 0.15) is 27.5 Å². The van der Waals surface area contributed by atoms with E-state index in [1.807, 2.05) is 41.4 Å². The summed E-state index contributed by atoms with van der Waals surface area (Å²) in [6.45, 7) is 0. The number of anilines is 1. The van der Waals surface area contributed by atoms with Crippen LogP contribution in [0.3, 0.4) is 0 Å². The van der Waals surface area contributed by atoms with Gasteiger partial charge in [-0.2, -0.15) is 0 Å². The summed E-state index contributed by atoms with van der Waals surface area (Å²) in [5.41, 5.74) is 2.82. The molecule has 2 amide bonds. The van der Waals surface area contributed by atoms with Gasteiger partial charge in [0.1, 0.15) is 6.04 Å². The Balaban J connectivity index is 1.49. The zero-order chi connectivity index (χ0) is 23.6. The smallest absolute Gasteiger partial charge is 0.240 e. The summed E-state index contributed by atoms with van der Waals surface area (Å²) >= 11 is 12.0. The highest BCUT2D eigenvalue weighted by molar-refractivity contribution is 6.31. The Hall–Kier alpha value is -3.41. The van der Waals surface area contributed by atoms with E-state index in [1.54, 1.807) is 48.5 Å². The van der Waals surface area contributed by atoms with Crippen LogP contribution in [0.2, 0.25) is 10.0 Å². The number of carbonyl (C=O) groups is 3. The molecule has 0 unspecified atom stereocenters. The predicted octanol–water partition coefficient (Wildman–Crippen LogP) is 5.39. The molecule has 168 valence electrons. The zero-order valence-corrected chi connectivity index (χ0v) is 19.3. The van der Waals surface area contributed by atoms with Gasteiger partial charge in [-0.15, -0.1) is 0 Å². The Labute approximate surface area is 206 Å². The van der Waals surface area contributed by atoms with Crippen LogP contribution in [-0.2, 0) is 9.59 Å². The van der Waals surface area contributed by atoms with Gasteiger partial charge in [-0.25, -0.2) is 4.90 Å². The Bertz CT molecular complexity index is 1370. The second-order valence-electron chi connectivity index (χ2n) is 8.69. The van der Waals surface area contributed by atoms with E-state index < -0.39 is 23.9 Å². The van der Waals surface area contributed by atoms with Crippen molar-refractivity contribution in [3.8, 4) is 0 Å². The number of fused-ring (bicyclic) bond motifs is 5. The van der Waals surface area contributed by atoms with E-state index in [0.717, 1.165) is 11.1 Å². The van der Waals surface area contributed by atoms with Crippen molar-refractivity contribution < 1.29 is 14.4 Å². The normalized spacial score (nSPS) is 24.8. The second kappa shape index (κ2) is 7.83. The number of hydrogen-bond acceptors (Lipinski definition) is 4. The van der Waals surface area contributed by atoms with Gasteiger partial charge in [0.2, 0.25) is 11.8 Å². The van der Waals surface area contributed by atoms with Crippen molar-refractivity contribution in [2.75, 3.05) is 4.90 Å². The Morgan fingerprint density at radius 1 is 0.765 bits per heavy atom. The van der Waals surface area contributed by atoms with Crippen LogP contribution in [-0.4, -0.2) is 28.5 Å². The summed E-state index contributed by atoms with van der Waals surface area (Å²) in [6, 6.07) is 19.8. The van der Waals surface area contributed by atoms with Crippen molar-refractivity contribution in [1.29, 1.82) is 0 Å². The van der Waals surface area contributed by atoms with Crippen molar-refractivity contribution in [2.45, 2.75) is 12.1 Å². The van der Waals surface area contributed by atoms with E-state index in [9.17, 15) is 14.4 Å². The summed E-state index contributed by atoms with van der Waals surface area (Å²) in [5, 5.41) is 1.03. The minimum Gasteiger partial charge on any atom is -0.358 e. The lowest BCUT2D eigenvalue weighted by molar-refractivity contribution is -0.123. The molecule has 3 aliphatic heterocycles. The lowest BCUT2D eigenvalue weighted by Crippen LogP contribution is -2.44. The Morgan fingerprint density at radius 3 is 2.09 bits per heavy atom. The van der Waals surface area contributed by atoms with Gasteiger partial charge < -0.3 is 4.90 Å². The summed E-state index contributed by atoms with van der Waals surface area (Å²) in [6.07, 6.45) is 3.78. The first-order valence-electron chi connectivity index (χ1n) is 10.9. The fourth-order valence-electron chi connectivity index (χ4n) is 5.49. The molecule has 3 heterocycles. The minimum atomic E-state index is -0.813. The maximum absolute atomic E-state index is 13.8. The first-order chi connectivity index (χ1) is 16.5. The van der Waals surface area contributed by atoms with Gasteiger partial charge in [0.25, 0.3) is 0 Å². The molecular weight excluding hydrogens is 471 g/mol. The van der Waals surface area contributed by atoms with Crippen LogP contribution < -0.4 is 4.90 Å². The number of imide groups is 1. The molecule has 0 spiro atoms. The molecule has 0 saturated carbocycles. The molecule has 5 nitrogen and oxygen atoms in total. The quantitative estimate of drug-likeness (QED) is 0.366. The zero-order valence-electron chi connectivity index (χ0n) is 17.8. The van der Waals surface area contributed by atoms with Crippen molar-refractivity contribution in [3.63, 3.8) is 0 Å². The average molecular weight is 489 g/mol. The molecule has 34 heavy (non-hydrogen) atoms. The summed E-state index contributed by atoms with van der Waals surface area (Å²) < 4.78 is 0. The van der Waals surface area contributed by atoms with Crippen molar-refractivity contribution in [3.05, 3.63) is 106 Å². The van der Waals surface area contributed by atoms with Gasteiger partial charge in [-0.05, 0) is 65.7 Å². The third-order valence-corrected chi connectivity index (χ3v) is 7.45. The highest BCUT2D eigenvalue weighted by Gasteiger charge is 2.64. The van der Waals surface area contributed by atoms with Gasteiger partial charge >= 0.3 is 0 Å². The molecule has 0 bridgehead atoms. The molecule has 0 aromatic heterocycles. The minimum absolute atomic E-state index is 0.211. The molecule has 2 saturated heterocycles. The summed E-state index contributed by atoms with van der Waals surface area (Å²) in [4.78, 5) is 44.5. The Kier molecular flexibility index (Phi) is 4.87. The van der Waals surface area contributed by atoms with E-state index in [4.69, 9.17) is 23.2 Å². The van der Waals surface area contributed by atoms with Gasteiger partial charge in [0.05, 0.1) is 23.6 Å². The van der Waals surface area contributed by atoms with Crippen molar-refractivity contribution >= 4 is 52.6 Å². The van der Waals surface area contributed by atoms with Crippen LogP contribution in [0.4, 0.5) is 5.69 Å². The third kappa shape index (κ3) is 3.04. The van der Waals surface area contributed by atoms with Crippen LogP contribution in [0.25, 0.3) is 6.08 Å². The maximum Gasteiger partial charge on any atom is 0.240 e. The Morgan fingerprint density at radius 2 is 1.38 bits per heavy atom.